The minimum Gasteiger partial charge on any atom is -0.542 e. The lowest BCUT2D eigenvalue weighted by Crippen LogP contribution is -2.37. The predicted octanol–water partition coefficient (Wildman–Crippen LogP) is -0.348. The molecule has 0 aromatic carbocycles. The van der Waals surface area contributed by atoms with Crippen LogP contribution < -0.4 is 15.0 Å². The summed E-state index contributed by atoms with van der Waals surface area (Å²) < 4.78 is 35.8. The highest BCUT2D eigenvalue weighted by molar-refractivity contribution is 7.80. The highest BCUT2D eigenvalue weighted by Crippen LogP contribution is 2.11. The lowest BCUT2D eigenvalue weighted by atomic mass is 10.2. The SMILES string of the molecule is C[n+]1ccn(C[C@@H]2CCCN2)c1S.O=C([O-])C(F)(F)F. The first-order valence-corrected chi connectivity index (χ1v) is 6.42. The van der Waals surface area contributed by atoms with Gasteiger partial charge in [-0.15, -0.1) is 0 Å². The van der Waals surface area contributed by atoms with Crippen LogP contribution in [0.25, 0.3) is 0 Å². The third kappa shape index (κ3) is 5.04. The van der Waals surface area contributed by atoms with Gasteiger partial charge in [-0.25, -0.2) is 9.13 Å². The Kier molecular flexibility index (Phi) is 5.88. The Hall–Kier alpha value is -1.22. The van der Waals surface area contributed by atoms with Crippen LogP contribution in [-0.2, 0) is 18.4 Å². The smallest absolute Gasteiger partial charge is 0.430 e. The number of imidazole rings is 1. The van der Waals surface area contributed by atoms with E-state index in [-0.39, 0.29) is 0 Å². The molecule has 1 aliphatic rings. The summed E-state index contributed by atoms with van der Waals surface area (Å²) in [4.78, 5) is 8.78. The summed E-state index contributed by atoms with van der Waals surface area (Å²) in [5.41, 5.74) is 0. The summed E-state index contributed by atoms with van der Waals surface area (Å²) in [5.74, 6) is -3.01. The van der Waals surface area contributed by atoms with E-state index in [9.17, 15) is 13.2 Å². The van der Waals surface area contributed by atoms with E-state index in [1.165, 1.54) is 19.4 Å². The van der Waals surface area contributed by atoms with Crippen LogP contribution in [0.3, 0.4) is 0 Å². The fraction of sp³-hybridized carbons (Fsp3) is 0.636. The number of nitrogens with one attached hydrogen (secondary N) is 1. The lowest BCUT2D eigenvalue weighted by Gasteiger charge is -2.06. The summed E-state index contributed by atoms with van der Waals surface area (Å²) in [5, 5.41) is 13.3. The van der Waals surface area contributed by atoms with Crippen LogP contribution >= 0.6 is 12.6 Å². The number of aryl methyl sites for hydroxylation is 1. The number of thiol groups is 1. The standard InChI is InChI=1S/C9H15N3S.C2HF3O2/c1-11-5-6-12(9(11)13)7-8-3-2-4-10-8;3-2(4,5)1(6)7/h5-6,8,10H,2-4,7H2,1H3;(H,6,7)/t8-;/m0./s1. The second-order valence-corrected chi connectivity index (χ2v) is 4.84. The van der Waals surface area contributed by atoms with Crippen LogP contribution in [0.5, 0.6) is 0 Å². The fourth-order valence-corrected chi connectivity index (χ4v) is 2.02. The molecule has 0 amide bonds. The van der Waals surface area contributed by atoms with Gasteiger partial charge in [0.15, 0.2) is 0 Å². The van der Waals surface area contributed by atoms with E-state index in [4.69, 9.17) is 9.90 Å². The molecule has 0 bridgehead atoms. The Labute approximate surface area is 119 Å². The fourth-order valence-electron chi connectivity index (χ4n) is 1.81. The molecule has 0 aliphatic carbocycles. The topological polar surface area (TPSA) is 61.0 Å². The maximum atomic E-state index is 10.5. The number of rotatable bonds is 2. The van der Waals surface area contributed by atoms with Crippen molar-refractivity contribution in [3.05, 3.63) is 12.4 Å². The number of aliphatic carboxylic acids is 1. The van der Waals surface area contributed by atoms with Crippen molar-refractivity contribution in [1.82, 2.24) is 9.88 Å². The second-order valence-electron chi connectivity index (χ2n) is 4.44. The monoisotopic (exact) mass is 311 g/mol. The molecular formula is C11H16F3N3O2S. The molecule has 1 aliphatic heterocycles. The normalized spacial score (nSPS) is 18.6. The third-order valence-electron chi connectivity index (χ3n) is 2.85. The predicted molar refractivity (Wildman–Crippen MR) is 64.9 cm³/mol. The number of aromatic nitrogens is 2. The van der Waals surface area contributed by atoms with Crippen molar-refractivity contribution in [3.8, 4) is 0 Å². The van der Waals surface area contributed by atoms with E-state index >= 15 is 0 Å². The van der Waals surface area contributed by atoms with Crippen molar-refractivity contribution in [2.45, 2.75) is 36.8 Å². The van der Waals surface area contributed by atoms with Gasteiger partial charge in [-0.3, -0.25) is 0 Å². The molecule has 1 saturated heterocycles. The molecule has 0 unspecified atom stereocenters. The van der Waals surface area contributed by atoms with Gasteiger partial charge in [0.25, 0.3) is 0 Å². The van der Waals surface area contributed by atoms with E-state index in [1.54, 1.807) is 0 Å². The Morgan fingerprint density at radius 2 is 2.25 bits per heavy atom. The van der Waals surface area contributed by atoms with Crippen LogP contribution in [0.15, 0.2) is 17.6 Å². The molecule has 2 heterocycles. The van der Waals surface area contributed by atoms with Gasteiger partial charge in [0, 0.05) is 6.04 Å². The number of nitrogens with zero attached hydrogens (tertiary/aromatic N) is 2. The molecule has 1 aromatic heterocycles. The first kappa shape index (κ1) is 16.8. The van der Waals surface area contributed by atoms with E-state index in [0.29, 0.717) is 6.04 Å². The van der Waals surface area contributed by atoms with Crippen LogP contribution in [0, 0.1) is 0 Å². The highest BCUT2D eigenvalue weighted by Gasteiger charge is 2.28. The molecule has 2 rings (SSSR count). The number of carbonyl (C=O) groups is 1. The van der Waals surface area contributed by atoms with E-state index in [2.05, 4.69) is 28.7 Å². The molecule has 9 heteroatoms. The molecule has 5 nitrogen and oxygen atoms in total. The van der Waals surface area contributed by atoms with Crippen LogP contribution in [0.2, 0.25) is 0 Å². The molecule has 1 atom stereocenters. The quantitative estimate of drug-likeness (QED) is 0.580. The average Bonchev–Trinajstić information content (AvgIpc) is 2.94. The lowest BCUT2D eigenvalue weighted by molar-refractivity contribution is -0.709. The van der Waals surface area contributed by atoms with Gasteiger partial charge in [0.05, 0.1) is 7.05 Å². The average molecular weight is 311 g/mol. The number of carboxylic acids is 1. The molecular weight excluding hydrogens is 295 g/mol. The van der Waals surface area contributed by atoms with Gasteiger partial charge in [-0.1, -0.05) is 12.6 Å². The number of carbonyl (C=O) groups excluding carboxylic acids is 1. The van der Waals surface area contributed by atoms with Crippen LogP contribution in [0.1, 0.15) is 12.8 Å². The Morgan fingerprint density at radius 3 is 2.60 bits per heavy atom. The summed E-state index contributed by atoms with van der Waals surface area (Å²) in [6, 6.07) is 0.637. The van der Waals surface area contributed by atoms with Gasteiger partial charge in [-0.05, 0) is 19.4 Å². The Balaban J connectivity index is 0.000000246. The summed E-state index contributed by atoms with van der Waals surface area (Å²) in [7, 11) is 2.01. The number of hydrogen-bond acceptors (Lipinski definition) is 4. The molecule has 1 N–H and O–H groups in total. The molecule has 0 radical (unpaired) electrons. The third-order valence-corrected chi connectivity index (χ3v) is 3.43. The number of hydrogen-bond donors (Lipinski definition) is 2. The second kappa shape index (κ2) is 6.98. The van der Waals surface area contributed by atoms with Crippen molar-refractivity contribution in [1.29, 1.82) is 0 Å². The summed E-state index contributed by atoms with van der Waals surface area (Å²) >= 11 is 4.43. The van der Waals surface area contributed by atoms with Gasteiger partial charge < -0.3 is 15.2 Å². The van der Waals surface area contributed by atoms with Crippen LogP contribution in [-0.4, -0.2) is 29.3 Å². The minimum absolute atomic E-state index is 0.637. The van der Waals surface area contributed by atoms with E-state index in [0.717, 1.165) is 11.7 Å². The zero-order valence-electron chi connectivity index (χ0n) is 10.9. The van der Waals surface area contributed by atoms with Crippen molar-refractivity contribution in [2.24, 2.45) is 7.05 Å². The number of carboxylic acid groups (broad SMARTS) is 1. The zero-order valence-corrected chi connectivity index (χ0v) is 11.7. The molecule has 114 valence electrons. The number of halogens is 3. The Bertz CT molecular complexity index is 456. The summed E-state index contributed by atoms with van der Waals surface area (Å²) in [6.45, 7) is 2.21. The van der Waals surface area contributed by atoms with Gasteiger partial charge >= 0.3 is 11.3 Å². The molecule has 0 saturated carbocycles. The largest absolute Gasteiger partial charge is 0.542 e. The van der Waals surface area contributed by atoms with Crippen molar-refractivity contribution >= 4 is 18.6 Å². The summed E-state index contributed by atoms with van der Waals surface area (Å²) in [6.07, 6.45) is 1.52. The molecule has 20 heavy (non-hydrogen) atoms. The van der Waals surface area contributed by atoms with E-state index in [1.807, 2.05) is 17.8 Å². The van der Waals surface area contributed by atoms with Crippen molar-refractivity contribution < 1.29 is 27.6 Å². The maximum Gasteiger partial charge on any atom is 0.430 e. The highest BCUT2D eigenvalue weighted by atomic mass is 32.1. The maximum absolute atomic E-state index is 10.5. The molecule has 1 fully saturated rings. The van der Waals surface area contributed by atoms with Crippen molar-refractivity contribution in [2.75, 3.05) is 6.54 Å². The van der Waals surface area contributed by atoms with Crippen molar-refractivity contribution in [3.63, 3.8) is 0 Å². The van der Waals surface area contributed by atoms with Gasteiger partial charge in [0.1, 0.15) is 24.9 Å². The van der Waals surface area contributed by atoms with E-state index < -0.39 is 12.1 Å². The minimum atomic E-state index is -5.19. The van der Waals surface area contributed by atoms with Gasteiger partial charge in [-0.2, -0.15) is 13.2 Å². The van der Waals surface area contributed by atoms with Gasteiger partial charge in [0.2, 0.25) is 0 Å². The van der Waals surface area contributed by atoms with Crippen LogP contribution in [0.4, 0.5) is 13.2 Å². The molecule has 0 spiro atoms. The first-order chi connectivity index (χ1) is 9.21. The zero-order chi connectivity index (χ0) is 15.3. The molecule has 1 aromatic rings. The Morgan fingerprint density at radius 1 is 1.65 bits per heavy atom. The number of alkyl halides is 3. The first-order valence-electron chi connectivity index (χ1n) is 5.97.